The number of carbonyl (C=O) groups is 1. The van der Waals surface area contributed by atoms with Gasteiger partial charge in [-0.15, -0.1) is 0 Å². The lowest BCUT2D eigenvalue weighted by molar-refractivity contribution is -0.120. The fourth-order valence-electron chi connectivity index (χ4n) is 5.82. The van der Waals surface area contributed by atoms with E-state index in [1.165, 1.54) is 6.07 Å². The lowest BCUT2D eigenvalue weighted by atomic mass is 9.87. The van der Waals surface area contributed by atoms with E-state index in [1.807, 2.05) is 42.9 Å². The Morgan fingerprint density at radius 3 is 2.61 bits per heavy atom. The molecule has 1 aromatic heterocycles. The molecule has 212 valence electrons. The van der Waals surface area contributed by atoms with Gasteiger partial charge < -0.3 is 9.47 Å². The van der Waals surface area contributed by atoms with Crippen molar-refractivity contribution >= 4 is 21.6 Å². The summed E-state index contributed by atoms with van der Waals surface area (Å²) in [6, 6.07) is 18.9. The van der Waals surface area contributed by atoms with E-state index in [2.05, 4.69) is 9.71 Å². The molecular formula is C32H33FN4O3S. The highest BCUT2D eigenvalue weighted by Crippen LogP contribution is 2.50. The van der Waals surface area contributed by atoms with Crippen LogP contribution in [0.4, 0.5) is 10.1 Å². The van der Waals surface area contributed by atoms with E-state index in [-0.39, 0.29) is 35.0 Å². The average Bonchev–Trinajstić information content (AvgIpc) is 3.65. The maximum atomic E-state index is 14.5. The molecule has 1 saturated carbocycles. The summed E-state index contributed by atoms with van der Waals surface area (Å²) >= 11 is 0. The van der Waals surface area contributed by atoms with Crippen LogP contribution in [0.15, 0.2) is 84.0 Å². The third kappa shape index (κ3) is 5.56. The number of hydrogen-bond donors (Lipinski definition) is 1. The monoisotopic (exact) mass is 572 g/mol. The average molecular weight is 573 g/mol. The molecule has 1 N–H and O–H groups in total. The van der Waals surface area contributed by atoms with Crippen molar-refractivity contribution in [2.24, 2.45) is 13.0 Å². The minimum Gasteiger partial charge on any atom is -0.337 e. The number of aryl methyl sites for hydroxylation is 3. The number of hydrogen-bond acceptors (Lipinski definition) is 4. The van der Waals surface area contributed by atoms with E-state index in [9.17, 15) is 17.6 Å². The molecule has 6 rings (SSSR count). The molecule has 3 atom stereocenters. The van der Waals surface area contributed by atoms with Crippen LogP contribution in [-0.2, 0) is 34.8 Å². The number of rotatable bonds is 8. The maximum Gasteiger partial charge on any atom is 0.241 e. The van der Waals surface area contributed by atoms with Crippen LogP contribution in [0.25, 0.3) is 0 Å². The fraction of sp³-hybridized carbons (Fsp3) is 0.312. The molecule has 2 aliphatic carbocycles. The quantitative estimate of drug-likeness (QED) is 0.300. The van der Waals surface area contributed by atoms with Crippen molar-refractivity contribution in [1.29, 1.82) is 0 Å². The highest BCUT2D eigenvalue weighted by molar-refractivity contribution is 7.89. The summed E-state index contributed by atoms with van der Waals surface area (Å²) in [5.41, 5.74) is 4.18. The molecule has 4 aromatic rings. The van der Waals surface area contributed by atoms with Crippen molar-refractivity contribution in [2.75, 3.05) is 4.90 Å². The van der Waals surface area contributed by atoms with Gasteiger partial charge >= 0.3 is 0 Å². The Hall–Kier alpha value is -3.82. The summed E-state index contributed by atoms with van der Waals surface area (Å²) in [6.45, 7) is 2.17. The zero-order valence-corrected chi connectivity index (χ0v) is 23.9. The van der Waals surface area contributed by atoms with Gasteiger partial charge in [0, 0.05) is 37.1 Å². The number of anilines is 1. The molecule has 3 aromatic carbocycles. The normalized spacial score (nSPS) is 19.9. The molecule has 7 nitrogen and oxygen atoms in total. The Balaban J connectivity index is 1.32. The van der Waals surface area contributed by atoms with E-state index in [0.717, 1.165) is 35.4 Å². The predicted molar refractivity (Wildman–Crippen MR) is 155 cm³/mol. The summed E-state index contributed by atoms with van der Waals surface area (Å²) in [4.78, 5) is 20.4. The number of sulfonamides is 1. The summed E-state index contributed by atoms with van der Waals surface area (Å²) in [5, 5.41) is 0. The molecule has 9 heteroatoms. The SMILES string of the molecule is Cc1ccc(S(=O)(=O)N[C@@H]2CCCc3ccc(N(Cc4nccn4C)C(=O)[C@H]4C[C@@H]4c4ccccc4F)cc32)cc1. The minimum absolute atomic E-state index is 0.0891. The minimum atomic E-state index is -3.74. The largest absolute Gasteiger partial charge is 0.337 e. The third-order valence-electron chi connectivity index (χ3n) is 8.28. The van der Waals surface area contributed by atoms with E-state index in [0.29, 0.717) is 24.1 Å². The van der Waals surface area contributed by atoms with E-state index in [1.54, 1.807) is 53.6 Å². The van der Waals surface area contributed by atoms with Gasteiger partial charge in [-0.25, -0.2) is 22.5 Å². The van der Waals surface area contributed by atoms with Crippen LogP contribution >= 0.6 is 0 Å². The first kappa shape index (κ1) is 27.4. The molecule has 0 saturated heterocycles. The van der Waals surface area contributed by atoms with Crippen LogP contribution in [0.1, 0.15) is 59.3 Å². The molecule has 0 unspecified atom stereocenters. The van der Waals surface area contributed by atoms with E-state index < -0.39 is 16.1 Å². The molecule has 0 aliphatic heterocycles. The lowest BCUT2D eigenvalue weighted by Crippen LogP contribution is -2.34. The van der Waals surface area contributed by atoms with Gasteiger partial charge in [0.1, 0.15) is 11.6 Å². The first-order valence-corrected chi connectivity index (χ1v) is 15.4. The van der Waals surface area contributed by atoms with Crippen molar-refractivity contribution in [2.45, 2.75) is 56.0 Å². The van der Waals surface area contributed by atoms with Crippen molar-refractivity contribution in [1.82, 2.24) is 14.3 Å². The second-order valence-corrected chi connectivity index (χ2v) is 12.8. The number of fused-ring (bicyclic) bond motifs is 1. The molecule has 0 radical (unpaired) electrons. The predicted octanol–water partition coefficient (Wildman–Crippen LogP) is 5.56. The summed E-state index contributed by atoms with van der Waals surface area (Å²) < 4.78 is 45.9. The van der Waals surface area contributed by atoms with Gasteiger partial charge in [0.2, 0.25) is 15.9 Å². The van der Waals surface area contributed by atoms with Crippen LogP contribution < -0.4 is 9.62 Å². The standard InChI is InChI=1S/C32H33FN4O3S/c1-21-10-14-24(15-11-21)41(39,40)35-30-9-5-6-22-12-13-23(18-26(22)30)37(20-31-34-16-17-36(31)2)32(38)28-19-27(28)25-7-3-4-8-29(25)33/h3-4,7-8,10-18,27-28,30,35H,5-6,9,19-20H2,1-2H3/t27-,28+,30-/m1/s1. The van der Waals surface area contributed by atoms with E-state index >= 15 is 0 Å². The van der Waals surface area contributed by atoms with Gasteiger partial charge in [-0.05, 0) is 85.5 Å². The Bertz CT molecular complexity index is 1700. The van der Waals surface area contributed by atoms with Crippen molar-refractivity contribution in [3.05, 3.63) is 113 Å². The number of carbonyl (C=O) groups excluding carboxylic acids is 1. The number of aromatic nitrogens is 2. The number of halogens is 1. The van der Waals surface area contributed by atoms with E-state index in [4.69, 9.17) is 0 Å². The van der Waals surface area contributed by atoms with Gasteiger partial charge in [-0.3, -0.25) is 4.79 Å². The van der Waals surface area contributed by atoms with Gasteiger partial charge in [0.15, 0.2) is 0 Å². The fourth-order valence-corrected chi connectivity index (χ4v) is 7.07. The van der Waals surface area contributed by atoms with Crippen molar-refractivity contribution in [3.8, 4) is 0 Å². The first-order valence-electron chi connectivity index (χ1n) is 13.9. The molecule has 1 fully saturated rings. The summed E-state index contributed by atoms with van der Waals surface area (Å²) in [7, 11) is -1.86. The Kier molecular flexibility index (Phi) is 7.25. The van der Waals surface area contributed by atoms with Crippen molar-refractivity contribution in [3.63, 3.8) is 0 Å². The molecule has 2 aliphatic rings. The van der Waals surface area contributed by atoms with Gasteiger partial charge in [-0.1, -0.05) is 42.0 Å². The molecule has 0 spiro atoms. The van der Waals surface area contributed by atoms with Gasteiger partial charge in [0.05, 0.1) is 11.4 Å². The second-order valence-electron chi connectivity index (χ2n) is 11.1. The zero-order chi connectivity index (χ0) is 28.7. The first-order chi connectivity index (χ1) is 19.7. The van der Waals surface area contributed by atoms with Crippen LogP contribution in [0, 0.1) is 18.7 Å². The smallest absolute Gasteiger partial charge is 0.241 e. The van der Waals surface area contributed by atoms with Crippen LogP contribution in [-0.4, -0.2) is 23.9 Å². The number of amides is 1. The summed E-state index contributed by atoms with van der Waals surface area (Å²) in [5.74, 6) is -0.163. The number of imidazole rings is 1. The number of nitrogens with one attached hydrogen (secondary N) is 1. The lowest BCUT2D eigenvalue weighted by Gasteiger charge is -2.29. The topological polar surface area (TPSA) is 84.3 Å². The van der Waals surface area contributed by atoms with Crippen LogP contribution in [0.2, 0.25) is 0 Å². The number of nitrogens with zero attached hydrogens (tertiary/aromatic N) is 3. The number of benzene rings is 3. The highest BCUT2D eigenvalue weighted by Gasteiger charge is 2.47. The molecule has 41 heavy (non-hydrogen) atoms. The Morgan fingerprint density at radius 1 is 1.10 bits per heavy atom. The Labute approximate surface area is 240 Å². The van der Waals surface area contributed by atoms with Gasteiger partial charge in [0.25, 0.3) is 0 Å². The molecule has 1 heterocycles. The van der Waals surface area contributed by atoms with Crippen LogP contribution in [0.5, 0.6) is 0 Å². The molecule has 0 bridgehead atoms. The maximum absolute atomic E-state index is 14.5. The van der Waals surface area contributed by atoms with Gasteiger partial charge in [-0.2, -0.15) is 0 Å². The molecular weight excluding hydrogens is 539 g/mol. The van der Waals surface area contributed by atoms with Crippen molar-refractivity contribution < 1.29 is 17.6 Å². The highest BCUT2D eigenvalue weighted by atomic mass is 32.2. The second kappa shape index (κ2) is 10.9. The molecule has 1 amide bonds. The third-order valence-corrected chi connectivity index (χ3v) is 9.77. The summed E-state index contributed by atoms with van der Waals surface area (Å²) in [6.07, 6.45) is 6.47. The zero-order valence-electron chi connectivity index (χ0n) is 23.1. The Morgan fingerprint density at radius 2 is 1.88 bits per heavy atom. The van der Waals surface area contributed by atoms with Crippen LogP contribution in [0.3, 0.4) is 0 Å².